The molecule has 1 amide bonds. The Bertz CT molecular complexity index is 871. The third-order valence-corrected chi connectivity index (χ3v) is 6.18. The quantitative estimate of drug-likeness (QED) is 0.823. The van der Waals surface area contributed by atoms with Gasteiger partial charge in [0.15, 0.2) is 0 Å². The number of nitrogens with zero attached hydrogens (tertiary/aromatic N) is 5. The first-order valence-electron chi connectivity index (χ1n) is 10.8. The van der Waals surface area contributed by atoms with Crippen molar-refractivity contribution < 1.29 is 4.79 Å². The Hall–Kier alpha value is -2.98. The summed E-state index contributed by atoms with van der Waals surface area (Å²) >= 11 is 0. The summed E-state index contributed by atoms with van der Waals surface area (Å²) in [5.41, 5.74) is 1.48. The van der Waals surface area contributed by atoms with E-state index < -0.39 is 0 Å². The summed E-state index contributed by atoms with van der Waals surface area (Å²) in [5.74, 6) is 1.14. The second-order valence-corrected chi connectivity index (χ2v) is 8.11. The lowest BCUT2D eigenvalue weighted by atomic mass is 9.93. The molecule has 1 atom stereocenters. The van der Waals surface area contributed by atoms with Gasteiger partial charge in [0, 0.05) is 38.1 Å². The molecule has 0 bridgehead atoms. The maximum atomic E-state index is 12.7. The first-order valence-corrected chi connectivity index (χ1v) is 10.8. The second-order valence-electron chi connectivity index (χ2n) is 8.11. The molecule has 1 N–H and O–H groups in total. The fourth-order valence-corrected chi connectivity index (χ4v) is 4.48. The molecule has 4 rings (SSSR count). The van der Waals surface area contributed by atoms with Gasteiger partial charge in [-0.1, -0.05) is 6.07 Å². The van der Waals surface area contributed by atoms with Gasteiger partial charge in [0.25, 0.3) is 0 Å². The molecular weight excluding hydrogens is 376 g/mol. The van der Waals surface area contributed by atoms with Crippen LogP contribution in [0.15, 0.2) is 42.7 Å². The number of anilines is 1. The van der Waals surface area contributed by atoms with Crippen molar-refractivity contribution in [3.05, 3.63) is 54.0 Å². The van der Waals surface area contributed by atoms with Crippen molar-refractivity contribution in [3.63, 3.8) is 0 Å². The average Bonchev–Trinajstić information content (AvgIpc) is 2.83. The van der Waals surface area contributed by atoms with Crippen molar-refractivity contribution in [2.75, 3.05) is 31.1 Å². The van der Waals surface area contributed by atoms with Crippen LogP contribution in [0.2, 0.25) is 0 Å². The van der Waals surface area contributed by atoms with Crippen LogP contribution in [-0.4, -0.2) is 53.0 Å². The lowest BCUT2D eigenvalue weighted by molar-refractivity contribution is -0.127. The van der Waals surface area contributed by atoms with Gasteiger partial charge in [-0.2, -0.15) is 5.26 Å². The van der Waals surface area contributed by atoms with Crippen LogP contribution in [0.5, 0.6) is 0 Å². The molecule has 2 aliphatic heterocycles. The van der Waals surface area contributed by atoms with Crippen LogP contribution in [0.3, 0.4) is 0 Å². The Morgan fingerprint density at radius 2 is 2.00 bits per heavy atom. The topological polar surface area (TPSA) is 85.2 Å². The Labute approximate surface area is 177 Å². The van der Waals surface area contributed by atoms with Crippen LogP contribution in [0.25, 0.3) is 0 Å². The van der Waals surface area contributed by atoms with E-state index >= 15 is 0 Å². The Morgan fingerprint density at radius 1 is 1.13 bits per heavy atom. The standard InChI is InChI=1S/C23H28N6O/c24-14-18-6-7-22(26-15-18)28-12-8-21(9-13-28)29-11-3-4-19(17-29)23(30)27-16-20-5-1-2-10-25-20/h1-2,5-7,10,15,19,21H,3-4,8-9,11-13,16-17H2,(H,27,30)/t19-/m0/s1. The Kier molecular flexibility index (Phi) is 6.55. The molecule has 0 aromatic carbocycles. The molecule has 7 heteroatoms. The van der Waals surface area contributed by atoms with Crippen molar-refractivity contribution in [1.82, 2.24) is 20.2 Å². The number of nitriles is 1. The number of carbonyl (C=O) groups is 1. The number of carbonyl (C=O) groups excluding carboxylic acids is 1. The summed E-state index contributed by atoms with van der Waals surface area (Å²) < 4.78 is 0. The summed E-state index contributed by atoms with van der Waals surface area (Å²) in [6, 6.07) is 12.2. The molecule has 0 saturated carbocycles. The molecule has 30 heavy (non-hydrogen) atoms. The second kappa shape index (κ2) is 9.68. The SMILES string of the molecule is N#Cc1ccc(N2CCC(N3CCC[C@H](C(=O)NCc4ccccn4)C3)CC2)nc1. The van der Waals surface area contributed by atoms with Crippen LogP contribution in [0.4, 0.5) is 5.82 Å². The molecule has 2 aromatic heterocycles. The normalized spacial score (nSPS) is 20.5. The lowest BCUT2D eigenvalue weighted by Gasteiger charge is -2.42. The van der Waals surface area contributed by atoms with Crippen molar-refractivity contribution in [2.45, 2.75) is 38.3 Å². The van der Waals surface area contributed by atoms with E-state index in [1.54, 1.807) is 12.4 Å². The molecule has 2 saturated heterocycles. The van der Waals surface area contributed by atoms with Crippen LogP contribution in [-0.2, 0) is 11.3 Å². The van der Waals surface area contributed by atoms with Gasteiger partial charge in [-0.15, -0.1) is 0 Å². The fraction of sp³-hybridized carbons (Fsp3) is 0.478. The molecule has 156 valence electrons. The number of hydrogen-bond donors (Lipinski definition) is 1. The molecule has 0 spiro atoms. The first kappa shape index (κ1) is 20.3. The van der Waals surface area contributed by atoms with Gasteiger partial charge in [-0.3, -0.25) is 14.7 Å². The third kappa shape index (κ3) is 4.95. The number of rotatable bonds is 5. The maximum Gasteiger partial charge on any atom is 0.224 e. The number of pyridine rings is 2. The largest absolute Gasteiger partial charge is 0.357 e. The van der Waals surface area contributed by atoms with Gasteiger partial charge < -0.3 is 10.2 Å². The van der Waals surface area contributed by atoms with Crippen LogP contribution in [0.1, 0.15) is 36.9 Å². The molecule has 2 aliphatic rings. The molecule has 7 nitrogen and oxygen atoms in total. The van der Waals surface area contributed by atoms with Gasteiger partial charge in [0.05, 0.1) is 23.7 Å². The summed E-state index contributed by atoms with van der Waals surface area (Å²) in [7, 11) is 0. The highest BCUT2D eigenvalue weighted by Gasteiger charge is 2.31. The van der Waals surface area contributed by atoms with Crippen molar-refractivity contribution in [2.24, 2.45) is 5.92 Å². The molecule has 0 aliphatic carbocycles. The third-order valence-electron chi connectivity index (χ3n) is 6.18. The van der Waals surface area contributed by atoms with E-state index in [1.165, 1.54) is 0 Å². The number of piperidine rings is 2. The average molecular weight is 405 g/mol. The number of nitrogens with one attached hydrogen (secondary N) is 1. The smallest absolute Gasteiger partial charge is 0.224 e. The zero-order chi connectivity index (χ0) is 20.8. The molecule has 4 heterocycles. The molecular formula is C23H28N6O. The number of amides is 1. The number of likely N-dealkylation sites (tertiary alicyclic amines) is 1. The minimum absolute atomic E-state index is 0.0562. The first-order chi connectivity index (χ1) is 14.7. The maximum absolute atomic E-state index is 12.7. The van der Waals surface area contributed by atoms with E-state index in [0.29, 0.717) is 18.2 Å². The van der Waals surface area contributed by atoms with Gasteiger partial charge in [-0.05, 0) is 56.5 Å². The van der Waals surface area contributed by atoms with Crippen LogP contribution in [0, 0.1) is 17.2 Å². The summed E-state index contributed by atoms with van der Waals surface area (Å²) in [6.45, 7) is 4.32. The van der Waals surface area contributed by atoms with E-state index in [2.05, 4.69) is 31.2 Å². The summed E-state index contributed by atoms with van der Waals surface area (Å²) in [4.78, 5) is 26.2. The molecule has 2 aromatic rings. The number of aromatic nitrogens is 2. The Morgan fingerprint density at radius 3 is 2.70 bits per heavy atom. The highest BCUT2D eigenvalue weighted by atomic mass is 16.1. The highest BCUT2D eigenvalue weighted by Crippen LogP contribution is 2.26. The fourth-order valence-electron chi connectivity index (χ4n) is 4.48. The zero-order valence-electron chi connectivity index (χ0n) is 17.2. The Balaban J connectivity index is 1.26. The number of hydrogen-bond acceptors (Lipinski definition) is 6. The van der Waals surface area contributed by atoms with Crippen molar-refractivity contribution in [3.8, 4) is 6.07 Å². The van der Waals surface area contributed by atoms with Crippen LogP contribution >= 0.6 is 0 Å². The van der Waals surface area contributed by atoms with Gasteiger partial charge in [-0.25, -0.2) is 4.98 Å². The molecule has 0 unspecified atom stereocenters. The minimum Gasteiger partial charge on any atom is -0.357 e. The summed E-state index contributed by atoms with van der Waals surface area (Å²) in [6.07, 6.45) is 7.56. The minimum atomic E-state index is 0.0562. The van der Waals surface area contributed by atoms with E-state index in [4.69, 9.17) is 5.26 Å². The van der Waals surface area contributed by atoms with Crippen molar-refractivity contribution in [1.29, 1.82) is 5.26 Å². The van der Waals surface area contributed by atoms with E-state index in [9.17, 15) is 4.79 Å². The van der Waals surface area contributed by atoms with Gasteiger partial charge in [0.2, 0.25) is 5.91 Å². The lowest BCUT2D eigenvalue weighted by Crippen LogP contribution is -2.50. The molecule has 0 radical (unpaired) electrons. The van der Waals surface area contributed by atoms with E-state index in [-0.39, 0.29) is 11.8 Å². The molecule has 2 fully saturated rings. The van der Waals surface area contributed by atoms with Crippen molar-refractivity contribution >= 4 is 11.7 Å². The van der Waals surface area contributed by atoms with E-state index in [0.717, 1.165) is 63.4 Å². The zero-order valence-corrected chi connectivity index (χ0v) is 17.2. The van der Waals surface area contributed by atoms with E-state index in [1.807, 2.05) is 30.3 Å². The highest BCUT2D eigenvalue weighted by molar-refractivity contribution is 5.78. The van der Waals surface area contributed by atoms with Gasteiger partial charge >= 0.3 is 0 Å². The summed E-state index contributed by atoms with van der Waals surface area (Å²) in [5, 5.41) is 12.0. The van der Waals surface area contributed by atoms with Gasteiger partial charge in [0.1, 0.15) is 11.9 Å². The predicted octanol–water partition coefficient (Wildman–Crippen LogP) is 2.35. The van der Waals surface area contributed by atoms with Crippen LogP contribution < -0.4 is 10.2 Å². The monoisotopic (exact) mass is 404 g/mol. The predicted molar refractivity (Wildman–Crippen MR) is 115 cm³/mol.